The molecule has 3 rings (SSSR count). The van der Waals surface area contributed by atoms with Crippen molar-refractivity contribution < 1.29 is 4.79 Å². The van der Waals surface area contributed by atoms with Crippen molar-refractivity contribution in [3.63, 3.8) is 0 Å². The van der Waals surface area contributed by atoms with Gasteiger partial charge < -0.3 is 0 Å². The normalized spacial score (nSPS) is 36.9. The molecule has 0 saturated heterocycles. The van der Waals surface area contributed by atoms with Crippen LogP contribution in [0.1, 0.15) is 40.0 Å². The average Bonchev–Trinajstić information content (AvgIpc) is 2.65. The summed E-state index contributed by atoms with van der Waals surface area (Å²) in [5.74, 6) is 1.19. The first-order chi connectivity index (χ1) is 7.98. The van der Waals surface area contributed by atoms with E-state index < -0.39 is 0 Å². The van der Waals surface area contributed by atoms with Crippen LogP contribution in [-0.4, -0.2) is 31.3 Å². The van der Waals surface area contributed by atoms with Crippen molar-refractivity contribution in [3.05, 3.63) is 0 Å². The van der Waals surface area contributed by atoms with E-state index in [2.05, 4.69) is 30.8 Å². The zero-order valence-electron chi connectivity index (χ0n) is 11.1. The van der Waals surface area contributed by atoms with Gasteiger partial charge in [-0.05, 0) is 24.2 Å². The van der Waals surface area contributed by atoms with Crippen LogP contribution in [0.25, 0.3) is 0 Å². The molecule has 2 bridgehead atoms. The first-order valence-electron chi connectivity index (χ1n) is 6.50. The van der Waals surface area contributed by atoms with Crippen molar-refractivity contribution in [2.75, 3.05) is 13.1 Å². The lowest BCUT2D eigenvalue weighted by atomic mass is 9.70. The van der Waals surface area contributed by atoms with Gasteiger partial charge in [-0.25, -0.2) is 0 Å². The molecule has 0 amide bonds. The molecular formula is C14H22N2O. The maximum absolute atomic E-state index is 11.6. The van der Waals surface area contributed by atoms with E-state index in [0.29, 0.717) is 11.7 Å². The van der Waals surface area contributed by atoms with E-state index in [9.17, 15) is 4.79 Å². The maximum atomic E-state index is 11.6. The van der Waals surface area contributed by atoms with Gasteiger partial charge in [-0.15, -0.1) is 0 Å². The van der Waals surface area contributed by atoms with Gasteiger partial charge in [0.1, 0.15) is 5.78 Å². The third-order valence-electron chi connectivity index (χ3n) is 5.12. The Morgan fingerprint density at radius 3 is 1.94 bits per heavy atom. The van der Waals surface area contributed by atoms with Crippen LogP contribution in [0.5, 0.6) is 0 Å². The van der Waals surface area contributed by atoms with Crippen LogP contribution in [-0.2, 0) is 4.79 Å². The minimum Gasteiger partial charge on any atom is -0.299 e. The number of carbonyl (C=O) groups is 1. The van der Waals surface area contributed by atoms with E-state index in [1.165, 1.54) is 6.42 Å². The van der Waals surface area contributed by atoms with Crippen LogP contribution in [0.2, 0.25) is 0 Å². The molecule has 3 heteroatoms. The number of Topliss-reactive ketones (excluding diaryl/α,β-unsaturated/α-hetero) is 1. The Morgan fingerprint density at radius 1 is 1.18 bits per heavy atom. The molecular weight excluding hydrogens is 212 g/mol. The van der Waals surface area contributed by atoms with Gasteiger partial charge in [0.25, 0.3) is 0 Å². The highest BCUT2D eigenvalue weighted by Crippen LogP contribution is 2.63. The summed E-state index contributed by atoms with van der Waals surface area (Å²) in [6, 6.07) is 0. The number of nitrogens with zero attached hydrogens (tertiary/aromatic N) is 2. The van der Waals surface area contributed by atoms with Crippen molar-refractivity contribution in [1.29, 1.82) is 0 Å². The highest BCUT2D eigenvalue weighted by molar-refractivity contribution is 6.16. The summed E-state index contributed by atoms with van der Waals surface area (Å²) in [4.78, 5) is 19.4. The monoisotopic (exact) mass is 234 g/mol. The second-order valence-corrected chi connectivity index (χ2v) is 6.03. The quantitative estimate of drug-likeness (QED) is 0.635. The Balaban J connectivity index is 0.000000153. The predicted octanol–water partition coefficient (Wildman–Crippen LogP) is 2.54. The first-order valence-corrected chi connectivity index (χ1v) is 6.50. The molecule has 0 spiro atoms. The lowest BCUT2D eigenvalue weighted by molar-refractivity contribution is -0.128. The molecule has 94 valence electrons. The zero-order valence-corrected chi connectivity index (χ0v) is 11.1. The molecule has 0 aromatic rings. The molecule has 2 fully saturated rings. The summed E-state index contributed by atoms with van der Waals surface area (Å²) in [6.07, 6.45) is 6.70. The van der Waals surface area contributed by atoms with Gasteiger partial charge in [-0.1, -0.05) is 20.8 Å². The molecule has 2 saturated carbocycles. The Hall–Kier alpha value is -0.990. The lowest BCUT2D eigenvalue weighted by Crippen LogP contribution is -2.32. The van der Waals surface area contributed by atoms with Gasteiger partial charge >= 0.3 is 0 Å². The van der Waals surface area contributed by atoms with Crippen LogP contribution in [0.4, 0.5) is 0 Å². The number of fused-ring (bicyclic) bond motifs is 2. The van der Waals surface area contributed by atoms with Crippen LogP contribution >= 0.6 is 0 Å². The number of ketones is 1. The van der Waals surface area contributed by atoms with Crippen molar-refractivity contribution >= 4 is 18.2 Å². The summed E-state index contributed by atoms with van der Waals surface area (Å²) >= 11 is 0. The van der Waals surface area contributed by atoms with Gasteiger partial charge in [0.2, 0.25) is 0 Å². The van der Waals surface area contributed by atoms with Gasteiger partial charge in [-0.2, -0.15) is 0 Å². The Morgan fingerprint density at radius 2 is 1.76 bits per heavy atom. The molecule has 0 aromatic carbocycles. The summed E-state index contributed by atoms with van der Waals surface area (Å²) in [6.45, 7) is 8.42. The van der Waals surface area contributed by atoms with Crippen molar-refractivity contribution in [2.24, 2.45) is 26.7 Å². The Bertz CT molecular complexity index is 358. The molecule has 0 radical (unpaired) electrons. The number of hydrogen-bond acceptors (Lipinski definition) is 3. The number of rotatable bonds is 0. The molecule has 0 aromatic heterocycles. The molecule has 3 aliphatic rings. The highest BCUT2D eigenvalue weighted by Gasteiger charge is 2.61. The second-order valence-electron chi connectivity index (χ2n) is 6.03. The van der Waals surface area contributed by atoms with Gasteiger partial charge in [0.05, 0.1) is 13.1 Å². The standard InChI is InChI=1S/C10H16O.C4H6N2/c1-9(2)7-4-5-10(9,3)8(11)6-7;1-2-6-4-3-5-1/h7H,4-6H2,1-3H3;1-2H,3-4H2. The molecule has 1 aliphatic heterocycles. The van der Waals surface area contributed by atoms with Crippen molar-refractivity contribution in [3.8, 4) is 0 Å². The Labute approximate surface area is 103 Å². The smallest absolute Gasteiger partial charge is 0.139 e. The highest BCUT2D eigenvalue weighted by atomic mass is 16.1. The topological polar surface area (TPSA) is 41.8 Å². The molecule has 2 atom stereocenters. The molecule has 2 aliphatic carbocycles. The van der Waals surface area contributed by atoms with E-state index >= 15 is 0 Å². The van der Waals surface area contributed by atoms with E-state index in [1.807, 2.05) is 0 Å². The Kier molecular flexibility index (Phi) is 3.19. The number of hydrogen-bond donors (Lipinski definition) is 0. The first kappa shape index (κ1) is 12.5. The second kappa shape index (κ2) is 4.35. The predicted molar refractivity (Wildman–Crippen MR) is 71.0 cm³/mol. The minimum atomic E-state index is 0.0255. The molecule has 3 nitrogen and oxygen atoms in total. The van der Waals surface area contributed by atoms with Crippen molar-refractivity contribution in [2.45, 2.75) is 40.0 Å². The summed E-state index contributed by atoms with van der Waals surface area (Å²) in [5.41, 5.74) is 0.307. The van der Waals surface area contributed by atoms with Gasteiger partial charge in [0.15, 0.2) is 0 Å². The number of aliphatic imine (C=N–C) groups is 2. The molecule has 2 unspecified atom stereocenters. The summed E-state index contributed by atoms with van der Waals surface area (Å²) in [7, 11) is 0. The third kappa shape index (κ3) is 1.96. The summed E-state index contributed by atoms with van der Waals surface area (Å²) in [5, 5.41) is 0. The zero-order chi connectivity index (χ0) is 12.5. The molecule has 1 heterocycles. The fourth-order valence-corrected chi connectivity index (χ4v) is 3.26. The van der Waals surface area contributed by atoms with Crippen LogP contribution in [0, 0.1) is 16.7 Å². The van der Waals surface area contributed by atoms with Crippen LogP contribution in [0.3, 0.4) is 0 Å². The van der Waals surface area contributed by atoms with Gasteiger partial charge in [-0.3, -0.25) is 14.8 Å². The molecule has 17 heavy (non-hydrogen) atoms. The van der Waals surface area contributed by atoms with E-state index in [0.717, 1.165) is 25.9 Å². The lowest BCUT2D eigenvalue weighted by Gasteiger charge is -2.32. The third-order valence-corrected chi connectivity index (χ3v) is 5.12. The maximum Gasteiger partial charge on any atom is 0.139 e. The fraction of sp³-hybridized carbons (Fsp3) is 0.786. The van der Waals surface area contributed by atoms with Gasteiger partial charge in [0, 0.05) is 24.3 Å². The summed E-state index contributed by atoms with van der Waals surface area (Å²) < 4.78 is 0. The van der Waals surface area contributed by atoms with Crippen LogP contribution < -0.4 is 0 Å². The minimum absolute atomic E-state index is 0.0255. The molecule has 0 N–H and O–H groups in total. The van der Waals surface area contributed by atoms with E-state index in [-0.39, 0.29) is 10.8 Å². The van der Waals surface area contributed by atoms with E-state index in [4.69, 9.17) is 0 Å². The number of carbonyl (C=O) groups excluding carboxylic acids is 1. The average molecular weight is 234 g/mol. The SMILES string of the molecule is C1=NCCN=C1.CC12CCC(CC1=O)C2(C)C. The van der Waals surface area contributed by atoms with E-state index in [1.54, 1.807) is 12.4 Å². The fourth-order valence-electron chi connectivity index (χ4n) is 3.26. The van der Waals surface area contributed by atoms with Crippen LogP contribution in [0.15, 0.2) is 9.98 Å². The largest absolute Gasteiger partial charge is 0.299 e. The van der Waals surface area contributed by atoms with Crippen molar-refractivity contribution in [1.82, 2.24) is 0 Å².